The zero-order chi connectivity index (χ0) is 18.8. The van der Waals surface area contributed by atoms with Crippen LogP contribution in [0.1, 0.15) is 44.6 Å². The number of carbonyl (C=O) groups is 1. The van der Waals surface area contributed by atoms with Crippen molar-refractivity contribution in [3.8, 4) is 11.5 Å². The lowest BCUT2D eigenvalue weighted by Gasteiger charge is -2.35. The smallest absolute Gasteiger partial charge is 0.315 e. The first-order valence-corrected chi connectivity index (χ1v) is 9.64. The van der Waals surface area contributed by atoms with E-state index in [1.807, 2.05) is 18.2 Å². The number of ether oxygens (including phenoxy) is 2. The molecule has 1 unspecified atom stereocenters. The topological polar surface area (TPSA) is 62.8 Å². The van der Waals surface area contributed by atoms with Crippen molar-refractivity contribution in [3.63, 3.8) is 0 Å². The van der Waals surface area contributed by atoms with Gasteiger partial charge in [0.1, 0.15) is 0 Å². The van der Waals surface area contributed by atoms with Crippen molar-refractivity contribution >= 4 is 6.03 Å². The van der Waals surface area contributed by atoms with Crippen LogP contribution in [0.15, 0.2) is 18.2 Å². The molecule has 2 rings (SSSR count). The monoisotopic (exact) mass is 363 g/mol. The average Bonchev–Trinajstić information content (AvgIpc) is 2.69. The third-order valence-corrected chi connectivity index (χ3v) is 4.95. The molecule has 0 spiro atoms. The Balaban J connectivity index is 1.77. The highest BCUT2D eigenvalue weighted by Gasteiger charge is 2.22. The van der Waals surface area contributed by atoms with Gasteiger partial charge in [0.25, 0.3) is 0 Å². The number of hydrogen-bond acceptors (Lipinski definition) is 4. The summed E-state index contributed by atoms with van der Waals surface area (Å²) < 4.78 is 10.5. The lowest BCUT2D eigenvalue weighted by Crippen LogP contribution is -2.48. The number of nitrogens with one attached hydrogen (secondary N) is 2. The third kappa shape index (κ3) is 6.09. The number of amides is 2. The standard InChI is InChI=1S/C20H33N3O3/c1-4-5-11-23-12-7-6-8-17(23)15-22-20(24)21-14-16-9-10-18(25-2)19(13-16)26-3/h9-10,13,17H,4-8,11-12,14-15H2,1-3H3,(H2,21,22,24). The summed E-state index contributed by atoms with van der Waals surface area (Å²) >= 11 is 0. The molecule has 146 valence electrons. The van der Waals surface area contributed by atoms with Crippen LogP contribution >= 0.6 is 0 Å². The molecule has 1 aliphatic rings. The number of likely N-dealkylation sites (tertiary alicyclic amines) is 1. The van der Waals surface area contributed by atoms with Crippen LogP contribution in [0.5, 0.6) is 11.5 Å². The summed E-state index contributed by atoms with van der Waals surface area (Å²) in [6, 6.07) is 5.99. The quantitative estimate of drug-likeness (QED) is 0.707. The largest absolute Gasteiger partial charge is 0.493 e. The van der Waals surface area contributed by atoms with E-state index in [9.17, 15) is 4.79 Å². The first-order chi connectivity index (χ1) is 12.7. The Hall–Kier alpha value is -1.95. The Kier molecular flexibility index (Phi) is 8.54. The Bertz CT molecular complexity index is 565. The summed E-state index contributed by atoms with van der Waals surface area (Å²) in [4.78, 5) is 14.7. The van der Waals surface area contributed by atoms with Crippen LogP contribution in [0.3, 0.4) is 0 Å². The maximum atomic E-state index is 12.2. The molecule has 1 aromatic rings. The van der Waals surface area contributed by atoms with Crippen LogP contribution in [0.4, 0.5) is 4.79 Å². The maximum absolute atomic E-state index is 12.2. The molecule has 1 aromatic carbocycles. The molecule has 0 aliphatic carbocycles. The predicted octanol–water partition coefficient (Wildman–Crippen LogP) is 3.16. The van der Waals surface area contributed by atoms with Crippen molar-refractivity contribution in [2.75, 3.05) is 33.9 Å². The van der Waals surface area contributed by atoms with Crippen molar-refractivity contribution in [2.45, 2.75) is 51.6 Å². The van der Waals surface area contributed by atoms with Gasteiger partial charge in [-0.1, -0.05) is 25.8 Å². The van der Waals surface area contributed by atoms with E-state index in [1.165, 1.54) is 32.1 Å². The Morgan fingerprint density at radius 2 is 2.00 bits per heavy atom. The summed E-state index contributed by atoms with van der Waals surface area (Å²) in [5, 5.41) is 5.95. The summed E-state index contributed by atoms with van der Waals surface area (Å²) in [5.74, 6) is 1.35. The second-order valence-corrected chi connectivity index (χ2v) is 6.79. The van der Waals surface area contributed by atoms with Crippen molar-refractivity contribution < 1.29 is 14.3 Å². The molecule has 1 fully saturated rings. The molecule has 2 amide bonds. The van der Waals surface area contributed by atoms with E-state index in [4.69, 9.17) is 9.47 Å². The number of urea groups is 1. The lowest BCUT2D eigenvalue weighted by atomic mass is 10.0. The number of piperidine rings is 1. The summed E-state index contributed by atoms with van der Waals surface area (Å²) in [5.41, 5.74) is 0.972. The van der Waals surface area contributed by atoms with Gasteiger partial charge in [0.15, 0.2) is 11.5 Å². The summed E-state index contributed by atoms with van der Waals surface area (Å²) in [6.45, 7) is 5.67. The fourth-order valence-electron chi connectivity index (χ4n) is 3.39. The SMILES string of the molecule is CCCCN1CCCCC1CNC(=O)NCc1ccc(OC)c(OC)c1. The molecule has 0 aromatic heterocycles. The van der Waals surface area contributed by atoms with E-state index in [1.54, 1.807) is 14.2 Å². The minimum Gasteiger partial charge on any atom is -0.493 e. The average molecular weight is 364 g/mol. The summed E-state index contributed by atoms with van der Waals surface area (Å²) in [7, 11) is 3.22. The molecule has 6 heteroatoms. The summed E-state index contributed by atoms with van der Waals surface area (Å²) in [6.07, 6.45) is 6.12. The van der Waals surface area contributed by atoms with Crippen LogP contribution in [-0.4, -0.2) is 50.8 Å². The Morgan fingerprint density at radius 1 is 1.19 bits per heavy atom. The van der Waals surface area contributed by atoms with Crippen molar-refractivity contribution in [2.24, 2.45) is 0 Å². The van der Waals surface area contributed by atoms with E-state index >= 15 is 0 Å². The maximum Gasteiger partial charge on any atom is 0.315 e. The van der Waals surface area contributed by atoms with E-state index < -0.39 is 0 Å². The Labute approximate surface area is 157 Å². The molecule has 1 atom stereocenters. The molecular weight excluding hydrogens is 330 g/mol. The van der Waals surface area contributed by atoms with Crippen LogP contribution < -0.4 is 20.1 Å². The van der Waals surface area contributed by atoms with Gasteiger partial charge in [-0.15, -0.1) is 0 Å². The van der Waals surface area contributed by atoms with Gasteiger partial charge in [0.05, 0.1) is 14.2 Å². The first-order valence-electron chi connectivity index (χ1n) is 9.64. The molecule has 0 radical (unpaired) electrons. The van der Waals surface area contributed by atoms with Crippen LogP contribution in [-0.2, 0) is 6.54 Å². The zero-order valence-corrected chi connectivity index (χ0v) is 16.3. The highest BCUT2D eigenvalue weighted by Crippen LogP contribution is 2.27. The molecule has 2 N–H and O–H groups in total. The highest BCUT2D eigenvalue weighted by atomic mass is 16.5. The molecule has 1 aliphatic heterocycles. The van der Waals surface area contributed by atoms with E-state index in [-0.39, 0.29) is 6.03 Å². The van der Waals surface area contributed by atoms with Gasteiger partial charge in [-0.25, -0.2) is 4.79 Å². The van der Waals surface area contributed by atoms with Crippen LogP contribution in [0.2, 0.25) is 0 Å². The number of benzene rings is 1. The van der Waals surface area contributed by atoms with Gasteiger partial charge in [-0.05, 0) is 50.0 Å². The minimum atomic E-state index is -0.124. The number of hydrogen-bond donors (Lipinski definition) is 2. The van der Waals surface area contributed by atoms with E-state index in [0.29, 0.717) is 30.6 Å². The van der Waals surface area contributed by atoms with Gasteiger partial charge >= 0.3 is 6.03 Å². The number of carbonyl (C=O) groups excluding carboxylic acids is 1. The van der Waals surface area contributed by atoms with Gasteiger partial charge in [0.2, 0.25) is 0 Å². The van der Waals surface area contributed by atoms with Gasteiger partial charge < -0.3 is 20.1 Å². The Morgan fingerprint density at radius 3 is 2.73 bits per heavy atom. The lowest BCUT2D eigenvalue weighted by molar-refractivity contribution is 0.144. The highest BCUT2D eigenvalue weighted by molar-refractivity contribution is 5.73. The number of rotatable bonds is 9. The molecule has 1 heterocycles. The van der Waals surface area contributed by atoms with E-state index in [0.717, 1.165) is 18.7 Å². The predicted molar refractivity (Wildman–Crippen MR) is 104 cm³/mol. The van der Waals surface area contributed by atoms with Crippen molar-refractivity contribution in [3.05, 3.63) is 23.8 Å². The second kappa shape index (κ2) is 10.9. The zero-order valence-electron chi connectivity index (χ0n) is 16.3. The number of unbranched alkanes of at least 4 members (excludes halogenated alkanes) is 1. The third-order valence-electron chi connectivity index (χ3n) is 4.95. The number of nitrogens with zero attached hydrogens (tertiary/aromatic N) is 1. The van der Waals surface area contributed by atoms with Crippen molar-refractivity contribution in [1.82, 2.24) is 15.5 Å². The molecule has 26 heavy (non-hydrogen) atoms. The fraction of sp³-hybridized carbons (Fsp3) is 0.650. The van der Waals surface area contributed by atoms with Crippen molar-refractivity contribution in [1.29, 1.82) is 0 Å². The van der Waals surface area contributed by atoms with Gasteiger partial charge in [-0.3, -0.25) is 4.90 Å². The molecule has 1 saturated heterocycles. The number of methoxy groups -OCH3 is 2. The van der Waals surface area contributed by atoms with E-state index in [2.05, 4.69) is 22.5 Å². The normalized spacial score (nSPS) is 17.6. The fourth-order valence-corrected chi connectivity index (χ4v) is 3.39. The molecule has 0 bridgehead atoms. The van der Waals surface area contributed by atoms with Crippen LogP contribution in [0.25, 0.3) is 0 Å². The molecule has 6 nitrogen and oxygen atoms in total. The minimum absolute atomic E-state index is 0.124. The first kappa shape index (κ1) is 20.4. The van der Waals surface area contributed by atoms with Gasteiger partial charge in [0, 0.05) is 19.1 Å². The van der Waals surface area contributed by atoms with Gasteiger partial charge in [-0.2, -0.15) is 0 Å². The second-order valence-electron chi connectivity index (χ2n) is 6.79. The van der Waals surface area contributed by atoms with Crippen LogP contribution in [0, 0.1) is 0 Å². The molecule has 0 saturated carbocycles. The molecular formula is C20H33N3O3.